The van der Waals surface area contributed by atoms with E-state index in [2.05, 4.69) is 17.2 Å². The highest BCUT2D eigenvalue weighted by Gasteiger charge is 2.44. The van der Waals surface area contributed by atoms with E-state index in [4.69, 9.17) is 0 Å². The van der Waals surface area contributed by atoms with Crippen molar-refractivity contribution in [3.8, 4) is 11.8 Å². The van der Waals surface area contributed by atoms with Crippen molar-refractivity contribution >= 4 is 11.7 Å². The summed E-state index contributed by atoms with van der Waals surface area (Å²) >= 11 is 0. The Bertz CT molecular complexity index is 772. The molecule has 0 aromatic heterocycles. The van der Waals surface area contributed by atoms with Crippen molar-refractivity contribution in [1.29, 1.82) is 0 Å². The van der Waals surface area contributed by atoms with Crippen molar-refractivity contribution in [1.82, 2.24) is 5.32 Å². The van der Waals surface area contributed by atoms with Crippen molar-refractivity contribution in [3.05, 3.63) is 35.4 Å². The van der Waals surface area contributed by atoms with Gasteiger partial charge < -0.3 is 15.5 Å². The molecule has 1 aromatic rings. The Labute approximate surface area is 169 Å². The Balaban J connectivity index is 2.02. The van der Waals surface area contributed by atoms with Gasteiger partial charge in [0.05, 0.1) is 0 Å². The molecule has 0 unspecified atom stereocenters. The lowest BCUT2D eigenvalue weighted by Crippen LogP contribution is -2.58. The molecule has 1 aromatic carbocycles. The van der Waals surface area contributed by atoms with Crippen LogP contribution in [0.2, 0.25) is 0 Å². The number of hydrogen-bond acceptors (Lipinski definition) is 4. The molecule has 0 saturated heterocycles. The largest absolute Gasteiger partial charge is 0.396 e. The van der Waals surface area contributed by atoms with Gasteiger partial charge in [0, 0.05) is 23.7 Å². The summed E-state index contributed by atoms with van der Waals surface area (Å²) in [5.41, 5.74) is -1.77. The van der Waals surface area contributed by atoms with Gasteiger partial charge >= 0.3 is 0 Å². The van der Waals surface area contributed by atoms with E-state index in [9.17, 15) is 28.6 Å². The summed E-state index contributed by atoms with van der Waals surface area (Å²) in [6.07, 6.45) is 0.648. The second kappa shape index (κ2) is 9.95. The van der Waals surface area contributed by atoms with Crippen LogP contribution in [0.3, 0.4) is 0 Å². The van der Waals surface area contributed by atoms with Crippen molar-refractivity contribution in [3.63, 3.8) is 0 Å². The van der Waals surface area contributed by atoms with Crippen molar-refractivity contribution in [2.75, 3.05) is 6.61 Å². The minimum absolute atomic E-state index is 0.176. The van der Waals surface area contributed by atoms with E-state index in [0.717, 1.165) is 39.5 Å². The number of carbonyl (C=O) groups is 2. The fourth-order valence-electron chi connectivity index (χ4n) is 3.38. The monoisotopic (exact) mass is 407 g/mol. The quantitative estimate of drug-likeness (QED) is 0.633. The fourth-order valence-corrected chi connectivity index (χ4v) is 3.38. The Kier molecular flexibility index (Phi) is 7.88. The zero-order valence-corrected chi connectivity index (χ0v) is 16.6. The Hall–Kier alpha value is -2.30. The highest BCUT2D eigenvalue weighted by molar-refractivity contribution is 5.98. The van der Waals surface area contributed by atoms with E-state index in [1.807, 2.05) is 0 Å². The van der Waals surface area contributed by atoms with Gasteiger partial charge in [-0.2, -0.15) is 0 Å². The standard InChI is InChI=1S/C22H27F2NO4/c1-14(27)19(22(2,29)21(23)24)25-20(28)18-11-9-16(10-12-18)4-3-15-5-7-17(13-26)8-6-15/h9-12,15,17,19,21,26,29H,5-8,13H2,1-2H3,(H,25,28)/t15?,17?,19-,22+/m1/s1. The minimum atomic E-state index is -3.19. The second-order valence-corrected chi connectivity index (χ2v) is 7.79. The number of Topliss-reactive ketones (excluding diaryl/α,β-unsaturated/α-hetero) is 1. The van der Waals surface area contributed by atoms with Gasteiger partial charge in [-0.3, -0.25) is 9.59 Å². The summed E-state index contributed by atoms with van der Waals surface area (Å²) < 4.78 is 26.1. The second-order valence-electron chi connectivity index (χ2n) is 7.79. The molecule has 1 fully saturated rings. The topological polar surface area (TPSA) is 86.6 Å². The molecule has 29 heavy (non-hydrogen) atoms. The molecule has 1 saturated carbocycles. The van der Waals surface area contributed by atoms with Crippen LogP contribution >= 0.6 is 0 Å². The number of alkyl halides is 2. The third-order valence-corrected chi connectivity index (χ3v) is 5.38. The number of ketones is 1. The molecular weight excluding hydrogens is 380 g/mol. The average molecular weight is 407 g/mol. The number of aliphatic hydroxyl groups excluding tert-OH is 1. The van der Waals surface area contributed by atoms with Gasteiger partial charge in [-0.1, -0.05) is 11.8 Å². The van der Waals surface area contributed by atoms with E-state index in [-0.39, 0.29) is 18.1 Å². The lowest BCUT2D eigenvalue weighted by molar-refractivity contribution is -0.138. The van der Waals surface area contributed by atoms with Crippen LogP contribution in [0, 0.1) is 23.7 Å². The van der Waals surface area contributed by atoms with Gasteiger partial charge in [0.1, 0.15) is 11.6 Å². The molecular formula is C22H27F2NO4. The first kappa shape index (κ1) is 23.0. The Morgan fingerprint density at radius 1 is 1.21 bits per heavy atom. The number of rotatable bonds is 6. The molecule has 158 valence electrons. The summed E-state index contributed by atoms with van der Waals surface area (Å²) in [6.45, 7) is 2.08. The van der Waals surface area contributed by atoms with Crippen LogP contribution in [-0.2, 0) is 4.79 Å². The van der Waals surface area contributed by atoms with Gasteiger partial charge in [-0.05, 0) is 69.7 Å². The van der Waals surface area contributed by atoms with Crippen LogP contribution in [0.1, 0.15) is 55.5 Å². The van der Waals surface area contributed by atoms with Gasteiger partial charge in [0.25, 0.3) is 12.3 Å². The fraction of sp³-hybridized carbons (Fsp3) is 0.545. The smallest absolute Gasteiger partial charge is 0.269 e. The predicted octanol–water partition coefficient (Wildman–Crippen LogP) is 2.54. The number of benzene rings is 1. The zero-order chi connectivity index (χ0) is 21.6. The molecule has 1 aliphatic carbocycles. The minimum Gasteiger partial charge on any atom is -0.396 e. The van der Waals surface area contributed by atoms with E-state index in [1.54, 1.807) is 12.1 Å². The molecule has 0 bridgehead atoms. The summed E-state index contributed by atoms with van der Waals surface area (Å²) in [4.78, 5) is 24.0. The average Bonchev–Trinajstić information content (AvgIpc) is 2.70. The molecule has 3 N–H and O–H groups in total. The highest BCUT2D eigenvalue weighted by atomic mass is 19.3. The van der Waals surface area contributed by atoms with Crippen LogP contribution in [0.25, 0.3) is 0 Å². The van der Waals surface area contributed by atoms with Gasteiger partial charge in [-0.15, -0.1) is 0 Å². The maximum atomic E-state index is 13.0. The van der Waals surface area contributed by atoms with E-state index < -0.39 is 29.8 Å². The molecule has 2 rings (SSSR count). The van der Waals surface area contributed by atoms with E-state index in [1.165, 1.54) is 12.1 Å². The summed E-state index contributed by atoms with van der Waals surface area (Å²) in [5.74, 6) is 5.46. The first-order valence-electron chi connectivity index (χ1n) is 9.69. The number of amides is 1. The molecule has 0 aliphatic heterocycles. The van der Waals surface area contributed by atoms with Crippen molar-refractivity contribution < 1.29 is 28.6 Å². The van der Waals surface area contributed by atoms with Crippen LogP contribution in [0.15, 0.2) is 24.3 Å². The molecule has 0 heterocycles. The SMILES string of the molecule is CC(=O)[C@@H](NC(=O)c1ccc(C#CC2CCC(CO)CC2)cc1)[C@](C)(O)C(F)F. The highest BCUT2D eigenvalue weighted by Crippen LogP contribution is 2.28. The third kappa shape index (κ3) is 6.09. The molecule has 0 spiro atoms. The molecule has 5 nitrogen and oxygen atoms in total. The molecule has 2 atom stereocenters. The van der Waals surface area contributed by atoms with Crippen LogP contribution < -0.4 is 5.32 Å². The van der Waals surface area contributed by atoms with Gasteiger partial charge in [0.2, 0.25) is 0 Å². The maximum Gasteiger partial charge on any atom is 0.269 e. The Morgan fingerprint density at radius 3 is 2.28 bits per heavy atom. The Morgan fingerprint density at radius 2 is 1.79 bits per heavy atom. The number of nitrogens with one attached hydrogen (secondary N) is 1. The number of carbonyl (C=O) groups excluding carboxylic acids is 2. The first-order chi connectivity index (χ1) is 13.6. The normalized spacial score (nSPS) is 22.2. The predicted molar refractivity (Wildman–Crippen MR) is 104 cm³/mol. The van der Waals surface area contributed by atoms with Gasteiger partial charge in [-0.25, -0.2) is 8.78 Å². The lowest BCUT2D eigenvalue weighted by atomic mass is 9.83. The summed E-state index contributed by atoms with van der Waals surface area (Å²) in [5, 5.41) is 21.2. The lowest BCUT2D eigenvalue weighted by Gasteiger charge is -2.30. The maximum absolute atomic E-state index is 13.0. The van der Waals surface area contributed by atoms with Crippen molar-refractivity contribution in [2.24, 2.45) is 11.8 Å². The van der Waals surface area contributed by atoms with Crippen molar-refractivity contribution in [2.45, 2.75) is 57.6 Å². The number of hydrogen-bond donors (Lipinski definition) is 3. The zero-order valence-electron chi connectivity index (χ0n) is 16.6. The molecule has 1 amide bonds. The summed E-state index contributed by atoms with van der Waals surface area (Å²) in [7, 11) is 0. The number of halogens is 2. The van der Waals surface area contributed by atoms with Crippen LogP contribution in [-0.4, -0.2) is 46.6 Å². The third-order valence-electron chi connectivity index (χ3n) is 5.38. The van der Waals surface area contributed by atoms with Crippen LogP contribution in [0.5, 0.6) is 0 Å². The van der Waals surface area contributed by atoms with E-state index in [0.29, 0.717) is 11.5 Å². The number of aliphatic hydroxyl groups is 2. The van der Waals surface area contributed by atoms with E-state index >= 15 is 0 Å². The molecule has 1 aliphatic rings. The summed E-state index contributed by atoms with van der Waals surface area (Å²) in [6, 6.07) is 4.57. The van der Waals surface area contributed by atoms with Gasteiger partial charge in [0.15, 0.2) is 5.78 Å². The van der Waals surface area contributed by atoms with Crippen LogP contribution in [0.4, 0.5) is 8.78 Å². The molecule has 0 radical (unpaired) electrons. The first-order valence-corrected chi connectivity index (χ1v) is 9.69. The molecule has 7 heteroatoms.